The quantitative estimate of drug-likeness (QED) is 0.695. The van der Waals surface area contributed by atoms with Crippen molar-refractivity contribution in [3.8, 4) is 0 Å². The predicted molar refractivity (Wildman–Crippen MR) is 112 cm³/mol. The number of nitrogens with zero attached hydrogens (tertiary/aromatic N) is 1. The van der Waals surface area contributed by atoms with Crippen LogP contribution in [-0.4, -0.2) is 55.7 Å². The molecule has 1 aliphatic heterocycles. The highest BCUT2D eigenvalue weighted by Gasteiger charge is 2.28. The van der Waals surface area contributed by atoms with Crippen molar-refractivity contribution >= 4 is 21.7 Å². The molecule has 1 aliphatic rings. The Bertz CT molecular complexity index is 974. The summed E-state index contributed by atoms with van der Waals surface area (Å²) in [4.78, 5) is 27.1. The van der Waals surface area contributed by atoms with E-state index in [1.165, 1.54) is 12.1 Å². The minimum absolute atomic E-state index is 0.0622. The van der Waals surface area contributed by atoms with Crippen LogP contribution < -0.4 is 5.32 Å². The average molecular weight is 431 g/mol. The molecule has 2 aromatic carbocycles. The van der Waals surface area contributed by atoms with E-state index in [-0.39, 0.29) is 34.9 Å². The molecular weight excluding hydrogens is 404 g/mol. The maximum Gasteiger partial charge on any atom is 0.253 e. The van der Waals surface area contributed by atoms with Crippen LogP contribution in [0.3, 0.4) is 0 Å². The van der Waals surface area contributed by atoms with E-state index in [1.54, 1.807) is 29.2 Å². The second-order valence-electron chi connectivity index (χ2n) is 7.36. The van der Waals surface area contributed by atoms with Gasteiger partial charge < -0.3 is 15.3 Å². The van der Waals surface area contributed by atoms with Crippen LogP contribution in [0.25, 0.3) is 0 Å². The van der Waals surface area contributed by atoms with Gasteiger partial charge in [-0.1, -0.05) is 30.3 Å². The van der Waals surface area contributed by atoms with Crippen molar-refractivity contribution in [2.24, 2.45) is 5.92 Å². The van der Waals surface area contributed by atoms with Crippen LogP contribution >= 0.6 is 0 Å². The molecule has 2 N–H and O–H groups in total. The molecule has 1 heterocycles. The Morgan fingerprint density at radius 1 is 1.07 bits per heavy atom. The molecule has 3 rings (SSSR count). The zero-order chi connectivity index (χ0) is 21.6. The number of hydrogen-bond donors (Lipinski definition) is 2. The molecule has 0 saturated carbocycles. The fraction of sp³-hybridized carbons (Fsp3) is 0.364. The van der Waals surface area contributed by atoms with Gasteiger partial charge in [-0.25, -0.2) is 8.42 Å². The van der Waals surface area contributed by atoms with E-state index in [2.05, 4.69) is 5.32 Å². The maximum absolute atomic E-state index is 12.6. The summed E-state index contributed by atoms with van der Waals surface area (Å²) in [5.41, 5.74) is 1.40. The lowest BCUT2D eigenvalue weighted by molar-refractivity contribution is -0.126. The zero-order valence-electron chi connectivity index (χ0n) is 16.7. The van der Waals surface area contributed by atoms with Crippen molar-refractivity contribution in [1.82, 2.24) is 10.2 Å². The average Bonchev–Trinajstić information content (AvgIpc) is 2.78. The summed E-state index contributed by atoms with van der Waals surface area (Å²) >= 11 is 0. The molecule has 8 heteroatoms. The van der Waals surface area contributed by atoms with E-state index in [9.17, 15) is 18.0 Å². The highest BCUT2D eigenvalue weighted by atomic mass is 32.2. The van der Waals surface area contributed by atoms with Crippen LogP contribution in [0.4, 0.5) is 0 Å². The number of nitrogens with one attached hydrogen (secondary N) is 1. The Morgan fingerprint density at radius 3 is 2.43 bits per heavy atom. The van der Waals surface area contributed by atoms with Crippen LogP contribution in [0.2, 0.25) is 0 Å². The van der Waals surface area contributed by atoms with Gasteiger partial charge in [-0.05, 0) is 42.7 Å². The Labute approximate surface area is 176 Å². The summed E-state index contributed by atoms with van der Waals surface area (Å²) in [7, 11) is -3.49. The van der Waals surface area contributed by atoms with Gasteiger partial charge in [-0.15, -0.1) is 0 Å². The third-order valence-electron chi connectivity index (χ3n) is 5.21. The fourth-order valence-corrected chi connectivity index (χ4v) is 4.55. The summed E-state index contributed by atoms with van der Waals surface area (Å²) in [6, 6.07) is 15.3. The SMILES string of the molecule is O=C(NCc1ccc(S(=O)(=O)CCO)cc1)[C@@H]1CCCN(C(=O)c2ccccc2)C1. The number of aliphatic hydroxyl groups excluding tert-OH is 1. The number of piperidine rings is 1. The number of aliphatic hydroxyl groups is 1. The van der Waals surface area contributed by atoms with Crippen molar-refractivity contribution in [2.45, 2.75) is 24.3 Å². The molecule has 1 fully saturated rings. The number of likely N-dealkylation sites (tertiary alicyclic amines) is 1. The molecule has 0 spiro atoms. The minimum atomic E-state index is -3.49. The summed E-state index contributed by atoms with van der Waals surface area (Å²) in [5.74, 6) is -0.760. The minimum Gasteiger partial charge on any atom is -0.395 e. The molecule has 1 atom stereocenters. The number of amides is 2. The smallest absolute Gasteiger partial charge is 0.253 e. The monoisotopic (exact) mass is 430 g/mol. The van der Waals surface area contributed by atoms with Gasteiger partial charge in [0.2, 0.25) is 5.91 Å². The Kier molecular flexibility index (Phi) is 7.23. The number of rotatable bonds is 7. The van der Waals surface area contributed by atoms with Crippen LogP contribution in [0.15, 0.2) is 59.5 Å². The number of hydrogen-bond acceptors (Lipinski definition) is 5. The highest BCUT2D eigenvalue weighted by Crippen LogP contribution is 2.19. The third kappa shape index (κ3) is 5.46. The standard InChI is InChI=1S/C22H26N2O5S/c25-13-14-30(28,29)20-10-8-17(9-11-20)15-23-21(26)19-7-4-12-24(16-19)22(27)18-5-2-1-3-6-18/h1-3,5-6,8-11,19,25H,4,7,12-16H2,(H,23,26)/t19-/m1/s1. The molecule has 0 radical (unpaired) electrons. The lowest BCUT2D eigenvalue weighted by Crippen LogP contribution is -2.45. The predicted octanol–water partition coefficient (Wildman–Crippen LogP) is 1.62. The fourth-order valence-electron chi connectivity index (χ4n) is 3.53. The van der Waals surface area contributed by atoms with E-state index in [4.69, 9.17) is 5.11 Å². The van der Waals surface area contributed by atoms with Crippen molar-refractivity contribution < 1.29 is 23.1 Å². The van der Waals surface area contributed by atoms with Gasteiger partial charge >= 0.3 is 0 Å². The van der Waals surface area contributed by atoms with Crippen molar-refractivity contribution in [3.05, 3.63) is 65.7 Å². The van der Waals surface area contributed by atoms with Crippen LogP contribution in [0.1, 0.15) is 28.8 Å². The van der Waals surface area contributed by atoms with E-state index in [0.717, 1.165) is 18.4 Å². The summed E-state index contributed by atoms with van der Waals surface area (Å²) < 4.78 is 23.9. The molecule has 160 valence electrons. The van der Waals surface area contributed by atoms with E-state index >= 15 is 0 Å². The first-order valence-electron chi connectivity index (χ1n) is 9.95. The van der Waals surface area contributed by atoms with Crippen molar-refractivity contribution in [3.63, 3.8) is 0 Å². The first-order chi connectivity index (χ1) is 14.4. The molecule has 2 amide bonds. The van der Waals surface area contributed by atoms with Gasteiger partial charge in [0.1, 0.15) is 0 Å². The molecule has 7 nitrogen and oxygen atoms in total. The Morgan fingerprint density at radius 2 is 1.77 bits per heavy atom. The molecule has 2 aromatic rings. The first kappa shape index (κ1) is 22.0. The number of carbonyl (C=O) groups is 2. The Hall–Kier alpha value is -2.71. The molecule has 0 unspecified atom stereocenters. The van der Waals surface area contributed by atoms with E-state index in [0.29, 0.717) is 18.7 Å². The van der Waals surface area contributed by atoms with Gasteiger partial charge in [-0.2, -0.15) is 0 Å². The lowest BCUT2D eigenvalue weighted by Gasteiger charge is -2.32. The van der Waals surface area contributed by atoms with Crippen LogP contribution in [0.5, 0.6) is 0 Å². The molecule has 0 aliphatic carbocycles. The van der Waals surface area contributed by atoms with E-state index < -0.39 is 16.4 Å². The third-order valence-corrected chi connectivity index (χ3v) is 6.92. The summed E-state index contributed by atoms with van der Waals surface area (Å²) in [5, 5.41) is 11.7. The largest absolute Gasteiger partial charge is 0.395 e. The first-order valence-corrected chi connectivity index (χ1v) is 11.6. The van der Waals surface area contributed by atoms with Gasteiger partial charge in [0, 0.05) is 25.2 Å². The molecule has 30 heavy (non-hydrogen) atoms. The van der Waals surface area contributed by atoms with Gasteiger partial charge in [-0.3, -0.25) is 9.59 Å². The maximum atomic E-state index is 12.6. The number of carbonyl (C=O) groups excluding carboxylic acids is 2. The van der Waals surface area contributed by atoms with Crippen molar-refractivity contribution in [1.29, 1.82) is 0 Å². The second kappa shape index (κ2) is 9.86. The van der Waals surface area contributed by atoms with E-state index in [1.807, 2.05) is 18.2 Å². The Balaban J connectivity index is 1.55. The van der Waals surface area contributed by atoms with Crippen molar-refractivity contribution in [2.75, 3.05) is 25.4 Å². The second-order valence-corrected chi connectivity index (χ2v) is 9.47. The lowest BCUT2D eigenvalue weighted by atomic mass is 9.96. The molecule has 1 saturated heterocycles. The zero-order valence-corrected chi connectivity index (χ0v) is 17.5. The summed E-state index contributed by atoms with van der Waals surface area (Å²) in [6.07, 6.45) is 1.50. The summed E-state index contributed by atoms with van der Waals surface area (Å²) in [6.45, 7) is 0.882. The number of sulfone groups is 1. The topological polar surface area (TPSA) is 104 Å². The molecule has 0 aromatic heterocycles. The van der Waals surface area contributed by atoms with Crippen LogP contribution in [0, 0.1) is 5.92 Å². The van der Waals surface area contributed by atoms with Gasteiger partial charge in [0.05, 0.1) is 23.2 Å². The molecular formula is C22H26N2O5S. The highest BCUT2D eigenvalue weighted by molar-refractivity contribution is 7.91. The van der Waals surface area contributed by atoms with Gasteiger partial charge in [0.25, 0.3) is 5.91 Å². The van der Waals surface area contributed by atoms with Gasteiger partial charge in [0.15, 0.2) is 9.84 Å². The normalized spacial score (nSPS) is 16.8. The number of benzene rings is 2. The molecule has 0 bridgehead atoms. The van der Waals surface area contributed by atoms with Crippen LogP contribution in [-0.2, 0) is 21.2 Å².